The van der Waals surface area contributed by atoms with Crippen LogP contribution in [-0.2, 0) is 9.53 Å². The van der Waals surface area contributed by atoms with Crippen LogP contribution in [0.4, 0.5) is 0 Å². The molecule has 0 saturated heterocycles. The predicted molar refractivity (Wildman–Crippen MR) is 86.2 cm³/mol. The van der Waals surface area contributed by atoms with Crippen LogP contribution in [0.15, 0.2) is 54.9 Å². The molecule has 0 fully saturated rings. The van der Waals surface area contributed by atoms with Gasteiger partial charge in [0, 0.05) is 24.5 Å². The summed E-state index contributed by atoms with van der Waals surface area (Å²) in [7, 11) is 0. The molecule has 0 aliphatic rings. The van der Waals surface area contributed by atoms with Crippen LogP contribution in [0.25, 0.3) is 0 Å². The fourth-order valence-corrected chi connectivity index (χ4v) is 2.38. The molecule has 1 N–H and O–H groups in total. The van der Waals surface area contributed by atoms with E-state index < -0.39 is 0 Å². The molecule has 0 amide bonds. The lowest BCUT2D eigenvalue weighted by Crippen LogP contribution is -2.27. The lowest BCUT2D eigenvalue weighted by atomic mass is 10.0. The SMILES string of the molecule is CCOC(=O)C[C@H](N[C@H](C)c1ccccc1)c1cccnc1. The van der Waals surface area contributed by atoms with Crippen molar-refractivity contribution in [3.8, 4) is 0 Å². The number of ether oxygens (including phenoxy) is 1. The first-order valence-corrected chi connectivity index (χ1v) is 7.57. The minimum Gasteiger partial charge on any atom is -0.466 e. The van der Waals surface area contributed by atoms with Crippen LogP contribution in [0.3, 0.4) is 0 Å². The first kappa shape index (κ1) is 16.2. The van der Waals surface area contributed by atoms with Gasteiger partial charge in [-0.3, -0.25) is 9.78 Å². The van der Waals surface area contributed by atoms with Crippen LogP contribution < -0.4 is 5.32 Å². The zero-order chi connectivity index (χ0) is 15.8. The molecule has 0 radical (unpaired) electrons. The Kier molecular flexibility index (Phi) is 6.10. The standard InChI is InChI=1S/C18H22N2O2/c1-3-22-18(21)12-17(16-10-7-11-19-13-16)20-14(2)15-8-5-4-6-9-15/h4-11,13-14,17,20H,3,12H2,1-2H3/t14-,17+/m1/s1. The molecule has 0 unspecified atom stereocenters. The Bertz CT molecular complexity index is 572. The first-order chi connectivity index (χ1) is 10.7. The third-order valence-corrected chi connectivity index (χ3v) is 3.51. The second-order valence-electron chi connectivity index (χ2n) is 5.15. The summed E-state index contributed by atoms with van der Waals surface area (Å²) in [6.07, 6.45) is 3.80. The largest absolute Gasteiger partial charge is 0.466 e. The number of carbonyl (C=O) groups excluding carboxylic acids is 1. The third kappa shape index (κ3) is 4.67. The molecule has 4 heteroatoms. The highest BCUT2D eigenvalue weighted by atomic mass is 16.5. The molecule has 2 aromatic rings. The molecule has 116 valence electrons. The third-order valence-electron chi connectivity index (χ3n) is 3.51. The maximum absolute atomic E-state index is 11.9. The molecule has 2 rings (SSSR count). The van der Waals surface area contributed by atoms with E-state index in [2.05, 4.69) is 29.4 Å². The molecular formula is C18H22N2O2. The predicted octanol–water partition coefficient (Wildman–Crippen LogP) is 3.43. The van der Waals surface area contributed by atoms with E-state index in [0.29, 0.717) is 6.61 Å². The van der Waals surface area contributed by atoms with Crippen molar-refractivity contribution in [2.75, 3.05) is 6.61 Å². The molecule has 22 heavy (non-hydrogen) atoms. The van der Waals surface area contributed by atoms with E-state index in [4.69, 9.17) is 4.74 Å². The van der Waals surface area contributed by atoms with Crippen LogP contribution >= 0.6 is 0 Å². The van der Waals surface area contributed by atoms with E-state index in [9.17, 15) is 4.79 Å². The Morgan fingerprint density at radius 3 is 2.55 bits per heavy atom. The number of nitrogens with one attached hydrogen (secondary N) is 1. The number of nitrogens with zero attached hydrogens (tertiary/aromatic N) is 1. The Morgan fingerprint density at radius 1 is 1.18 bits per heavy atom. The van der Waals surface area contributed by atoms with Crippen molar-refractivity contribution in [2.45, 2.75) is 32.4 Å². The molecule has 1 aromatic heterocycles. The lowest BCUT2D eigenvalue weighted by molar-refractivity contribution is -0.143. The van der Waals surface area contributed by atoms with Crippen LogP contribution in [0, 0.1) is 0 Å². The lowest BCUT2D eigenvalue weighted by Gasteiger charge is -2.23. The fraction of sp³-hybridized carbons (Fsp3) is 0.333. The molecule has 0 aliphatic carbocycles. The van der Waals surface area contributed by atoms with Crippen molar-refractivity contribution < 1.29 is 9.53 Å². The van der Waals surface area contributed by atoms with Crippen LogP contribution in [-0.4, -0.2) is 17.6 Å². The van der Waals surface area contributed by atoms with Gasteiger partial charge in [0.05, 0.1) is 13.0 Å². The Hall–Kier alpha value is -2.20. The highest BCUT2D eigenvalue weighted by Gasteiger charge is 2.19. The van der Waals surface area contributed by atoms with Crippen molar-refractivity contribution in [3.05, 3.63) is 66.0 Å². The second-order valence-corrected chi connectivity index (χ2v) is 5.15. The maximum Gasteiger partial charge on any atom is 0.307 e. The summed E-state index contributed by atoms with van der Waals surface area (Å²) in [5, 5.41) is 3.50. The van der Waals surface area contributed by atoms with Crippen molar-refractivity contribution in [1.29, 1.82) is 0 Å². The molecule has 0 aliphatic heterocycles. The van der Waals surface area contributed by atoms with E-state index in [1.807, 2.05) is 37.3 Å². The number of benzene rings is 1. The first-order valence-electron chi connectivity index (χ1n) is 7.57. The van der Waals surface area contributed by atoms with Gasteiger partial charge in [0.1, 0.15) is 0 Å². The molecule has 1 heterocycles. The van der Waals surface area contributed by atoms with Crippen molar-refractivity contribution in [2.24, 2.45) is 0 Å². The molecule has 0 saturated carbocycles. The Labute approximate surface area is 131 Å². The summed E-state index contributed by atoms with van der Waals surface area (Å²) < 4.78 is 5.08. The quantitative estimate of drug-likeness (QED) is 0.796. The van der Waals surface area contributed by atoms with Crippen molar-refractivity contribution in [1.82, 2.24) is 10.3 Å². The normalized spacial score (nSPS) is 13.4. The second kappa shape index (κ2) is 8.29. The van der Waals surface area contributed by atoms with Crippen molar-refractivity contribution >= 4 is 5.97 Å². The van der Waals surface area contributed by atoms with E-state index in [1.165, 1.54) is 5.56 Å². The number of esters is 1. The maximum atomic E-state index is 11.9. The van der Waals surface area contributed by atoms with Gasteiger partial charge < -0.3 is 10.1 Å². The van der Waals surface area contributed by atoms with Crippen molar-refractivity contribution in [3.63, 3.8) is 0 Å². The summed E-state index contributed by atoms with van der Waals surface area (Å²) in [4.78, 5) is 16.0. The zero-order valence-electron chi connectivity index (χ0n) is 13.0. The minimum absolute atomic E-state index is 0.122. The van der Waals surface area contributed by atoms with E-state index in [1.54, 1.807) is 12.4 Å². The van der Waals surface area contributed by atoms with Gasteiger partial charge in [-0.1, -0.05) is 36.4 Å². The molecule has 4 nitrogen and oxygen atoms in total. The van der Waals surface area contributed by atoms with Gasteiger partial charge in [0.25, 0.3) is 0 Å². The number of hydrogen-bond donors (Lipinski definition) is 1. The molecule has 0 bridgehead atoms. The van der Waals surface area contributed by atoms with Gasteiger partial charge in [-0.2, -0.15) is 0 Å². The topological polar surface area (TPSA) is 51.2 Å². The minimum atomic E-state index is -0.205. The van der Waals surface area contributed by atoms with E-state index in [-0.39, 0.29) is 24.5 Å². The number of pyridine rings is 1. The van der Waals surface area contributed by atoms with Crippen LogP contribution in [0.1, 0.15) is 43.5 Å². The number of hydrogen-bond acceptors (Lipinski definition) is 4. The highest BCUT2D eigenvalue weighted by molar-refractivity contribution is 5.70. The van der Waals surface area contributed by atoms with Gasteiger partial charge in [-0.15, -0.1) is 0 Å². The summed E-state index contributed by atoms with van der Waals surface area (Å²) in [6.45, 7) is 4.30. The highest BCUT2D eigenvalue weighted by Crippen LogP contribution is 2.22. The number of carbonyl (C=O) groups is 1. The Balaban J connectivity index is 2.12. The van der Waals surface area contributed by atoms with Gasteiger partial charge in [0.15, 0.2) is 0 Å². The van der Waals surface area contributed by atoms with Gasteiger partial charge in [0.2, 0.25) is 0 Å². The monoisotopic (exact) mass is 298 g/mol. The zero-order valence-corrected chi connectivity index (χ0v) is 13.0. The smallest absolute Gasteiger partial charge is 0.307 e. The van der Waals surface area contributed by atoms with E-state index in [0.717, 1.165) is 5.56 Å². The summed E-state index contributed by atoms with van der Waals surface area (Å²) in [5.74, 6) is -0.205. The average Bonchev–Trinajstić information content (AvgIpc) is 2.56. The molecule has 2 atom stereocenters. The number of rotatable bonds is 7. The van der Waals surface area contributed by atoms with E-state index >= 15 is 0 Å². The summed E-state index contributed by atoms with van der Waals surface area (Å²) >= 11 is 0. The Morgan fingerprint density at radius 2 is 1.91 bits per heavy atom. The number of aromatic nitrogens is 1. The summed E-state index contributed by atoms with van der Waals surface area (Å²) in [6, 6.07) is 14.0. The molecular weight excluding hydrogens is 276 g/mol. The average molecular weight is 298 g/mol. The fourth-order valence-electron chi connectivity index (χ4n) is 2.38. The van der Waals surface area contributed by atoms with Gasteiger partial charge >= 0.3 is 5.97 Å². The molecule has 0 spiro atoms. The van der Waals surface area contributed by atoms with Crippen LogP contribution in [0.2, 0.25) is 0 Å². The summed E-state index contributed by atoms with van der Waals surface area (Å²) in [5.41, 5.74) is 2.17. The van der Waals surface area contributed by atoms with Gasteiger partial charge in [-0.05, 0) is 31.0 Å². The van der Waals surface area contributed by atoms with Gasteiger partial charge in [-0.25, -0.2) is 0 Å². The molecule has 1 aromatic carbocycles. The van der Waals surface area contributed by atoms with Crippen LogP contribution in [0.5, 0.6) is 0 Å².